The minimum absolute atomic E-state index is 0.0834. The predicted molar refractivity (Wildman–Crippen MR) is 91.9 cm³/mol. The van der Waals surface area contributed by atoms with E-state index in [9.17, 15) is 4.79 Å². The van der Waals surface area contributed by atoms with Gasteiger partial charge in [0.1, 0.15) is 6.61 Å². The van der Waals surface area contributed by atoms with Crippen LogP contribution < -0.4 is 0 Å². The summed E-state index contributed by atoms with van der Waals surface area (Å²) in [5.74, 6) is 0.0834. The van der Waals surface area contributed by atoms with E-state index in [2.05, 4.69) is 34.3 Å². The summed E-state index contributed by atoms with van der Waals surface area (Å²) in [6.07, 6.45) is 4.73. The lowest BCUT2D eigenvalue weighted by Crippen LogP contribution is -2.37. The van der Waals surface area contributed by atoms with Gasteiger partial charge in [0.05, 0.1) is 5.69 Å². The first-order valence-electron chi connectivity index (χ1n) is 8.34. The van der Waals surface area contributed by atoms with E-state index in [0.29, 0.717) is 0 Å². The van der Waals surface area contributed by atoms with E-state index in [4.69, 9.17) is 4.74 Å². The smallest absolute Gasteiger partial charge is 0.248 e. The molecule has 3 rings (SSSR count). The van der Waals surface area contributed by atoms with E-state index in [1.54, 1.807) is 13.3 Å². The Morgan fingerprint density at radius 1 is 1.21 bits per heavy atom. The second-order valence-corrected chi connectivity index (χ2v) is 6.06. The highest BCUT2D eigenvalue weighted by atomic mass is 16.5. The molecular formula is C18H24N4O2. The average molecular weight is 328 g/mol. The normalized spacial score (nSPS) is 16.1. The number of carbonyl (C=O) groups excluding carboxylic acids is 1. The van der Waals surface area contributed by atoms with Gasteiger partial charge in [-0.15, -0.1) is 0 Å². The Kier molecular flexibility index (Phi) is 5.61. The van der Waals surface area contributed by atoms with Crippen molar-refractivity contribution >= 4 is 5.91 Å². The minimum Gasteiger partial charge on any atom is -0.375 e. The van der Waals surface area contributed by atoms with Gasteiger partial charge in [-0.1, -0.05) is 12.1 Å². The number of ether oxygens (including phenoxy) is 1. The van der Waals surface area contributed by atoms with Gasteiger partial charge >= 0.3 is 0 Å². The van der Waals surface area contributed by atoms with Crippen LogP contribution in [0.15, 0.2) is 42.7 Å². The molecule has 1 fully saturated rings. The molecule has 1 saturated heterocycles. The molecule has 128 valence electrons. The molecule has 2 heterocycles. The van der Waals surface area contributed by atoms with Crippen molar-refractivity contribution < 1.29 is 9.53 Å². The number of hydrogen-bond donors (Lipinski definition) is 0. The zero-order valence-corrected chi connectivity index (χ0v) is 14.1. The highest BCUT2D eigenvalue weighted by Gasteiger charge is 2.18. The maximum Gasteiger partial charge on any atom is 0.248 e. The van der Waals surface area contributed by atoms with Crippen LogP contribution in [0.5, 0.6) is 0 Å². The molecule has 24 heavy (non-hydrogen) atoms. The molecule has 6 heteroatoms. The Morgan fingerprint density at radius 2 is 2.12 bits per heavy atom. The van der Waals surface area contributed by atoms with E-state index in [-0.39, 0.29) is 12.5 Å². The maximum atomic E-state index is 12.0. The number of aromatic nitrogens is 2. The topological polar surface area (TPSA) is 50.6 Å². The van der Waals surface area contributed by atoms with Gasteiger partial charge in [-0.3, -0.25) is 9.69 Å². The van der Waals surface area contributed by atoms with Crippen molar-refractivity contribution in [3.63, 3.8) is 0 Å². The second kappa shape index (κ2) is 8.08. The fourth-order valence-electron chi connectivity index (χ4n) is 3.07. The summed E-state index contributed by atoms with van der Waals surface area (Å²) < 4.78 is 6.83. The molecule has 2 aromatic rings. The molecule has 0 spiro atoms. The molecule has 0 atom stereocenters. The second-order valence-electron chi connectivity index (χ2n) is 6.06. The van der Waals surface area contributed by atoms with Gasteiger partial charge in [0, 0.05) is 52.2 Å². The number of nitrogens with zero attached hydrogens (tertiary/aromatic N) is 4. The van der Waals surface area contributed by atoms with Gasteiger partial charge in [0.2, 0.25) is 5.91 Å². The Balaban J connectivity index is 1.60. The standard InChI is InChI=1S/C18H24N4O2/c1-24-15-18(23)21-9-4-8-20(11-12-21)14-16-5-2-6-17(13-16)22-10-3-7-19-22/h2-3,5-7,10,13H,4,8-9,11-12,14-15H2,1H3. The van der Waals surface area contributed by atoms with Gasteiger partial charge in [-0.05, 0) is 30.2 Å². The number of rotatable bonds is 5. The molecule has 1 aliphatic rings. The molecule has 0 N–H and O–H groups in total. The number of benzene rings is 1. The van der Waals surface area contributed by atoms with Gasteiger partial charge in [-0.25, -0.2) is 4.68 Å². The molecule has 1 aromatic carbocycles. The molecule has 0 unspecified atom stereocenters. The molecule has 0 bridgehead atoms. The number of amides is 1. The molecule has 1 aliphatic heterocycles. The highest BCUT2D eigenvalue weighted by molar-refractivity contribution is 5.77. The van der Waals surface area contributed by atoms with Crippen LogP contribution >= 0.6 is 0 Å². The first-order valence-corrected chi connectivity index (χ1v) is 8.34. The van der Waals surface area contributed by atoms with Crippen LogP contribution in [0.1, 0.15) is 12.0 Å². The van der Waals surface area contributed by atoms with Gasteiger partial charge in [-0.2, -0.15) is 5.10 Å². The summed E-state index contributed by atoms with van der Waals surface area (Å²) >= 11 is 0. The first kappa shape index (κ1) is 16.7. The van der Waals surface area contributed by atoms with Crippen LogP contribution in [0.2, 0.25) is 0 Å². The third kappa shape index (κ3) is 4.21. The van der Waals surface area contributed by atoms with E-state index in [0.717, 1.165) is 44.8 Å². The lowest BCUT2D eigenvalue weighted by molar-refractivity contribution is -0.135. The van der Waals surface area contributed by atoms with Gasteiger partial charge in [0.25, 0.3) is 0 Å². The van der Waals surface area contributed by atoms with Gasteiger partial charge in [0.15, 0.2) is 0 Å². The van der Waals surface area contributed by atoms with Crippen LogP contribution in [0, 0.1) is 0 Å². The van der Waals surface area contributed by atoms with Crippen LogP contribution in [-0.4, -0.2) is 65.4 Å². The largest absolute Gasteiger partial charge is 0.375 e. The fraction of sp³-hybridized carbons (Fsp3) is 0.444. The average Bonchev–Trinajstić information content (AvgIpc) is 3.03. The van der Waals surface area contributed by atoms with Crippen LogP contribution in [0.4, 0.5) is 0 Å². The van der Waals surface area contributed by atoms with Crippen molar-refractivity contribution in [2.75, 3.05) is 39.9 Å². The quantitative estimate of drug-likeness (QED) is 0.836. The Morgan fingerprint density at radius 3 is 2.92 bits per heavy atom. The summed E-state index contributed by atoms with van der Waals surface area (Å²) in [6, 6.07) is 10.4. The van der Waals surface area contributed by atoms with E-state index < -0.39 is 0 Å². The lowest BCUT2D eigenvalue weighted by atomic mass is 10.2. The number of methoxy groups -OCH3 is 1. The minimum atomic E-state index is 0.0834. The Bertz CT molecular complexity index is 657. The van der Waals surface area contributed by atoms with Crippen molar-refractivity contribution in [1.29, 1.82) is 0 Å². The van der Waals surface area contributed by atoms with Crippen LogP contribution in [0.3, 0.4) is 0 Å². The summed E-state index contributed by atoms with van der Waals surface area (Å²) in [5.41, 5.74) is 2.34. The zero-order chi connectivity index (χ0) is 16.8. The van der Waals surface area contributed by atoms with E-state index >= 15 is 0 Å². The van der Waals surface area contributed by atoms with Crippen molar-refractivity contribution in [2.24, 2.45) is 0 Å². The molecule has 0 radical (unpaired) electrons. The number of carbonyl (C=O) groups is 1. The molecule has 1 amide bonds. The Hall–Kier alpha value is -2.18. The first-order chi connectivity index (χ1) is 11.8. The van der Waals surface area contributed by atoms with Crippen molar-refractivity contribution in [1.82, 2.24) is 19.6 Å². The third-order valence-corrected chi connectivity index (χ3v) is 4.29. The van der Waals surface area contributed by atoms with Crippen molar-refractivity contribution in [2.45, 2.75) is 13.0 Å². The molecule has 0 aliphatic carbocycles. The highest BCUT2D eigenvalue weighted by Crippen LogP contribution is 2.13. The monoisotopic (exact) mass is 328 g/mol. The fourth-order valence-corrected chi connectivity index (χ4v) is 3.07. The van der Waals surface area contributed by atoms with Crippen LogP contribution in [-0.2, 0) is 16.1 Å². The summed E-state index contributed by atoms with van der Waals surface area (Å²) in [7, 11) is 1.56. The molecule has 1 aromatic heterocycles. The number of hydrogen-bond acceptors (Lipinski definition) is 4. The van der Waals surface area contributed by atoms with E-state index in [1.165, 1.54) is 5.56 Å². The van der Waals surface area contributed by atoms with Crippen LogP contribution in [0.25, 0.3) is 5.69 Å². The predicted octanol–water partition coefficient (Wildman–Crippen LogP) is 1.55. The van der Waals surface area contributed by atoms with Crippen molar-refractivity contribution in [3.05, 3.63) is 48.3 Å². The Labute approximate surface area is 142 Å². The third-order valence-electron chi connectivity index (χ3n) is 4.29. The summed E-state index contributed by atoms with van der Waals surface area (Å²) in [6.45, 7) is 4.53. The lowest BCUT2D eigenvalue weighted by Gasteiger charge is -2.22. The molecule has 6 nitrogen and oxygen atoms in total. The SMILES string of the molecule is COCC(=O)N1CCCN(Cc2cccc(-n3cccn3)c2)CC1. The molecule has 0 saturated carbocycles. The maximum absolute atomic E-state index is 12.0. The van der Waals surface area contributed by atoms with E-state index in [1.807, 2.05) is 21.8 Å². The van der Waals surface area contributed by atoms with Gasteiger partial charge < -0.3 is 9.64 Å². The summed E-state index contributed by atoms with van der Waals surface area (Å²) in [4.78, 5) is 16.3. The summed E-state index contributed by atoms with van der Waals surface area (Å²) in [5, 5.41) is 4.28. The molecular weight excluding hydrogens is 304 g/mol. The zero-order valence-electron chi connectivity index (χ0n) is 14.1. The van der Waals surface area contributed by atoms with Crippen molar-refractivity contribution in [3.8, 4) is 5.69 Å².